The van der Waals surface area contributed by atoms with Gasteiger partial charge in [-0.05, 0) is 11.1 Å². The lowest BCUT2D eigenvalue weighted by Crippen LogP contribution is -2.61. The highest BCUT2D eigenvalue weighted by Crippen LogP contribution is 2.55. The van der Waals surface area contributed by atoms with Crippen LogP contribution in [0.15, 0.2) is 60.7 Å². The van der Waals surface area contributed by atoms with E-state index in [9.17, 15) is 0 Å². The van der Waals surface area contributed by atoms with Gasteiger partial charge in [0.2, 0.25) is 0 Å². The second-order valence-electron chi connectivity index (χ2n) is 5.35. The van der Waals surface area contributed by atoms with Gasteiger partial charge in [0.25, 0.3) is 0 Å². The van der Waals surface area contributed by atoms with E-state index < -0.39 is 8.56 Å². The highest BCUT2D eigenvalue weighted by molar-refractivity contribution is 6.72. The third-order valence-corrected chi connectivity index (χ3v) is 7.46. The number of hydrogen-bond acceptors (Lipinski definition) is 2. The molecule has 3 heteroatoms. The van der Waals surface area contributed by atoms with Gasteiger partial charge >= 0.3 is 8.56 Å². The van der Waals surface area contributed by atoms with E-state index in [2.05, 4.69) is 48.5 Å². The first kappa shape index (κ1) is 11.4. The Labute approximate surface area is 114 Å². The van der Waals surface area contributed by atoms with Crippen LogP contribution in [-0.4, -0.2) is 8.56 Å². The van der Waals surface area contributed by atoms with Crippen molar-refractivity contribution >= 4 is 8.56 Å². The van der Waals surface area contributed by atoms with Crippen LogP contribution in [0.2, 0.25) is 12.1 Å². The summed E-state index contributed by atoms with van der Waals surface area (Å²) in [5, 5.41) is 0. The van der Waals surface area contributed by atoms with E-state index in [-0.39, 0.29) is 12.2 Å². The predicted octanol–water partition coefficient (Wildman–Crippen LogP) is 3.97. The largest absolute Gasteiger partial charge is 0.387 e. The first-order valence-electron chi connectivity index (χ1n) is 6.80. The van der Waals surface area contributed by atoms with Gasteiger partial charge in [0, 0.05) is 12.1 Å². The summed E-state index contributed by atoms with van der Waals surface area (Å²) in [5.74, 6) is 0. The third-order valence-electron chi connectivity index (χ3n) is 4.05. The van der Waals surface area contributed by atoms with Gasteiger partial charge in [-0.3, -0.25) is 0 Å². The van der Waals surface area contributed by atoms with Crippen LogP contribution in [0.5, 0.6) is 0 Å². The molecule has 2 aromatic carbocycles. The fraction of sp³-hybridized carbons (Fsp3) is 0.250. The van der Waals surface area contributed by atoms with E-state index in [4.69, 9.17) is 8.85 Å². The molecule has 2 atom stereocenters. The number of rotatable bonds is 2. The van der Waals surface area contributed by atoms with Crippen LogP contribution in [0.1, 0.15) is 23.3 Å². The van der Waals surface area contributed by atoms with Crippen LogP contribution in [-0.2, 0) is 8.85 Å². The minimum absolute atomic E-state index is 0.268. The van der Waals surface area contributed by atoms with Gasteiger partial charge in [-0.2, -0.15) is 0 Å². The summed E-state index contributed by atoms with van der Waals surface area (Å²) < 4.78 is 12.2. The maximum atomic E-state index is 6.12. The van der Waals surface area contributed by atoms with Crippen molar-refractivity contribution in [3.63, 3.8) is 0 Å². The SMILES string of the molecule is c1ccc(C2C[Si]3(CC(c4ccccc4)O3)O2)cc1. The molecule has 2 nitrogen and oxygen atoms in total. The van der Waals surface area contributed by atoms with Crippen molar-refractivity contribution in [2.75, 3.05) is 0 Å². The van der Waals surface area contributed by atoms with E-state index in [1.54, 1.807) is 0 Å². The van der Waals surface area contributed by atoms with Crippen LogP contribution >= 0.6 is 0 Å². The van der Waals surface area contributed by atoms with Crippen LogP contribution in [0.3, 0.4) is 0 Å². The zero-order valence-electron chi connectivity index (χ0n) is 10.7. The molecule has 0 aliphatic carbocycles. The summed E-state index contributed by atoms with van der Waals surface area (Å²) in [6, 6.07) is 23.1. The molecule has 19 heavy (non-hydrogen) atoms. The normalized spacial score (nSPS) is 32.6. The molecule has 2 aromatic rings. The molecule has 0 radical (unpaired) electrons. The Bertz CT molecular complexity index is 501. The van der Waals surface area contributed by atoms with Gasteiger partial charge in [0.1, 0.15) is 0 Å². The van der Waals surface area contributed by atoms with E-state index in [1.165, 1.54) is 11.1 Å². The average Bonchev–Trinajstić information content (AvgIpc) is 2.38. The highest BCUT2D eigenvalue weighted by atomic mass is 28.4. The Hall–Kier alpha value is -1.42. The minimum Gasteiger partial charge on any atom is -0.387 e. The maximum Gasteiger partial charge on any atom is 0.344 e. The molecule has 96 valence electrons. The van der Waals surface area contributed by atoms with Crippen molar-refractivity contribution in [3.05, 3.63) is 71.8 Å². The van der Waals surface area contributed by atoms with E-state index in [0.29, 0.717) is 0 Å². The molecule has 2 aliphatic heterocycles. The lowest BCUT2D eigenvalue weighted by Gasteiger charge is -2.54. The first-order chi connectivity index (χ1) is 9.35. The molecular weight excluding hydrogens is 252 g/mol. The Balaban J connectivity index is 1.38. The minimum atomic E-state index is -1.78. The molecule has 2 unspecified atom stereocenters. The molecule has 2 fully saturated rings. The molecule has 2 heterocycles. The number of hydrogen-bond donors (Lipinski definition) is 0. The van der Waals surface area contributed by atoms with Crippen LogP contribution in [0, 0.1) is 0 Å². The van der Waals surface area contributed by atoms with Crippen molar-refractivity contribution in [2.45, 2.75) is 24.3 Å². The summed E-state index contributed by atoms with van der Waals surface area (Å²) in [5.41, 5.74) is 2.57. The smallest absolute Gasteiger partial charge is 0.344 e. The maximum absolute atomic E-state index is 6.12. The van der Waals surface area contributed by atoms with Gasteiger partial charge in [0.15, 0.2) is 0 Å². The van der Waals surface area contributed by atoms with E-state index in [0.717, 1.165) is 12.1 Å². The second kappa shape index (κ2) is 4.30. The Morgan fingerprint density at radius 3 is 1.42 bits per heavy atom. The van der Waals surface area contributed by atoms with Crippen LogP contribution < -0.4 is 0 Å². The monoisotopic (exact) mass is 268 g/mol. The summed E-state index contributed by atoms with van der Waals surface area (Å²) in [7, 11) is -1.78. The van der Waals surface area contributed by atoms with Gasteiger partial charge in [-0.15, -0.1) is 0 Å². The zero-order valence-corrected chi connectivity index (χ0v) is 11.7. The second-order valence-corrected chi connectivity index (χ2v) is 8.46. The van der Waals surface area contributed by atoms with Crippen molar-refractivity contribution in [2.24, 2.45) is 0 Å². The molecule has 2 aliphatic rings. The Morgan fingerprint density at radius 2 is 1.05 bits per heavy atom. The molecule has 4 rings (SSSR count). The van der Waals surface area contributed by atoms with Crippen molar-refractivity contribution in [1.29, 1.82) is 0 Å². The molecule has 0 aromatic heterocycles. The fourth-order valence-corrected chi connectivity index (χ4v) is 6.27. The summed E-state index contributed by atoms with van der Waals surface area (Å²) >= 11 is 0. The summed E-state index contributed by atoms with van der Waals surface area (Å²) in [6.45, 7) is 0. The van der Waals surface area contributed by atoms with Gasteiger partial charge < -0.3 is 8.85 Å². The van der Waals surface area contributed by atoms with Crippen molar-refractivity contribution in [3.8, 4) is 0 Å². The fourth-order valence-electron chi connectivity index (χ4n) is 2.98. The van der Waals surface area contributed by atoms with Crippen LogP contribution in [0.4, 0.5) is 0 Å². The molecule has 0 amide bonds. The molecule has 0 saturated carbocycles. The van der Waals surface area contributed by atoms with Gasteiger partial charge in [-0.1, -0.05) is 60.7 Å². The average molecular weight is 268 g/mol. The van der Waals surface area contributed by atoms with Crippen LogP contribution in [0.25, 0.3) is 0 Å². The quantitative estimate of drug-likeness (QED) is 0.767. The summed E-state index contributed by atoms with van der Waals surface area (Å²) in [4.78, 5) is 0. The summed E-state index contributed by atoms with van der Waals surface area (Å²) in [6.07, 6.45) is 0.536. The van der Waals surface area contributed by atoms with Crippen molar-refractivity contribution < 1.29 is 8.85 Å². The van der Waals surface area contributed by atoms with Gasteiger partial charge in [-0.25, -0.2) is 0 Å². The van der Waals surface area contributed by atoms with Crippen molar-refractivity contribution in [1.82, 2.24) is 0 Å². The topological polar surface area (TPSA) is 18.5 Å². The lowest BCUT2D eigenvalue weighted by molar-refractivity contribution is -0.0183. The molecule has 0 bridgehead atoms. The predicted molar refractivity (Wildman–Crippen MR) is 75.9 cm³/mol. The number of benzene rings is 2. The standard InChI is InChI=1S/C16H16O2Si/c1-3-7-13(8-4-1)15-11-19(17-15)12-16(18-19)14-9-5-2-6-10-14/h1-10,15-16H,11-12H2. The van der Waals surface area contributed by atoms with E-state index in [1.807, 2.05) is 12.1 Å². The first-order valence-corrected chi connectivity index (χ1v) is 9.03. The Morgan fingerprint density at radius 1 is 0.684 bits per heavy atom. The molecular formula is C16H16O2Si. The zero-order chi connectivity index (χ0) is 12.7. The molecule has 0 N–H and O–H groups in total. The lowest BCUT2D eigenvalue weighted by atomic mass is 10.1. The third kappa shape index (κ3) is 1.94. The molecule has 1 spiro atoms. The van der Waals surface area contributed by atoms with Gasteiger partial charge in [0.05, 0.1) is 12.2 Å². The highest BCUT2D eigenvalue weighted by Gasteiger charge is 2.60. The Kier molecular flexibility index (Phi) is 2.58. The molecule has 2 saturated heterocycles. The van der Waals surface area contributed by atoms with E-state index >= 15 is 0 Å².